The third kappa shape index (κ3) is 3.76. The zero-order chi connectivity index (χ0) is 17.7. The van der Waals surface area contributed by atoms with Crippen molar-refractivity contribution in [2.45, 2.75) is 13.8 Å². The molecule has 0 bridgehead atoms. The van der Waals surface area contributed by atoms with Gasteiger partial charge in [0.1, 0.15) is 11.1 Å². The molecule has 0 aliphatic rings. The molecule has 0 saturated heterocycles. The molecule has 124 valence electrons. The first-order valence-electron chi connectivity index (χ1n) is 7.21. The van der Waals surface area contributed by atoms with Gasteiger partial charge in [-0.15, -0.1) is 11.3 Å². The van der Waals surface area contributed by atoms with Crippen LogP contribution in [0.15, 0.2) is 24.3 Å². The maximum Gasteiger partial charge on any atom is 0.249 e. The molecule has 6 heteroatoms. The second-order valence-electron chi connectivity index (χ2n) is 5.04. The van der Waals surface area contributed by atoms with E-state index in [2.05, 4.69) is 11.4 Å². The van der Waals surface area contributed by atoms with Crippen LogP contribution < -0.4 is 14.8 Å². The Morgan fingerprint density at radius 2 is 1.96 bits per heavy atom. The van der Waals surface area contributed by atoms with E-state index < -0.39 is 0 Å². The Morgan fingerprint density at radius 3 is 2.58 bits per heavy atom. The van der Waals surface area contributed by atoms with E-state index >= 15 is 0 Å². The third-order valence-electron chi connectivity index (χ3n) is 3.57. The Labute approximate surface area is 145 Å². The van der Waals surface area contributed by atoms with E-state index in [1.54, 1.807) is 32.4 Å². The molecule has 24 heavy (non-hydrogen) atoms. The van der Waals surface area contributed by atoms with Gasteiger partial charge >= 0.3 is 0 Å². The van der Waals surface area contributed by atoms with Crippen molar-refractivity contribution in [2.75, 3.05) is 19.5 Å². The van der Waals surface area contributed by atoms with Crippen LogP contribution in [0, 0.1) is 25.2 Å². The third-order valence-corrected chi connectivity index (χ3v) is 4.69. The maximum atomic E-state index is 12.1. The number of ether oxygens (including phenoxy) is 2. The summed E-state index contributed by atoms with van der Waals surface area (Å²) in [5.41, 5.74) is 2.23. The number of amides is 1. The Hall–Kier alpha value is -2.78. The topological polar surface area (TPSA) is 71.3 Å². The minimum absolute atomic E-state index is 0.289. The lowest BCUT2D eigenvalue weighted by molar-refractivity contribution is -0.111. The van der Waals surface area contributed by atoms with E-state index in [1.807, 2.05) is 19.9 Å². The SMILES string of the molecule is COc1ccc(C=CC(=O)Nc2sc(C)c(C)c2C#N)cc1OC. The first-order valence-corrected chi connectivity index (χ1v) is 8.03. The number of carbonyl (C=O) groups excluding carboxylic acids is 1. The number of nitriles is 1. The number of carbonyl (C=O) groups is 1. The fourth-order valence-electron chi connectivity index (χ4n) is 2.13. The molecule has 0 unspecified atom stereocenters. The molecule has 1 amide bonds. The van der Waals surface area contributed by atoms with E-state index in [0.29, 0.717) is 22.1 Å². The van der Waals surface area contributed by atoms with Crippen LogP contribution in [0.3, 0.4) is 0 Å². The number of rotatable bonds is 5. The van der Waals surface area contributed by atoms with Gasteiger partial charge in [-0.05, 0) is 43.2 Å². The molecular weight excluding hydrogens is 324 g/mol. The van der Waals surface area contributed by atoms with Gasteiger partial charge in [-0.25, -0.2) is 0 Å². The summed E-state index contributed by atoms with van der Waals surface area (Å²) in [5, 5.41) is 12.5. The van der Waals surface area contributed by atoms with Crippen molar-refractivity contribution in [3.63, 3.8) is 0 Å². The van der Waals surface area contributed by atoms with Gasteiger partial charge in [-0.1, -0.05) is 6.07 Å². The molecule has 1 heterocycles. The van der Waals surface area contributed by atoms with Crippen molar-refractivity contribution in [3.05, 3.63) is 45.8 Å². The first kappa shape index (κ1) is 17.6. The molecule has 5 nitrogen and oxygen atoms in total. The van der Waals surface area contributed by atoms with Crippen LogP contribution in [-0.4, -0.2) is 20.1 Å². The monoisotopic (exact) mass is 342 g/mol. The molecule has 0 spiro atoms. The number of methoxy groups -OCH3 is 2. The number of thiophene rings is 1. The van der Waals surface area contributed by atoms with Crippen LogP contribution in [0.5, 0.6) is 11.5 Å². The molecule has 2 aromatic rings. The standard InChI is InChI=1S/C18H18N2O3S/c1-11-12(2)24-18(14(11)10-19)20-17(21)8-6-13-5-7-15(22-3)16(9-13)23-4/h5-9H,1-4H3,(H,20,21). The average molecular weight is 342 g/mol. The summed E-state index contributed by atoms with van der Waals surface area (Å²) in [4.78, 5) is 13.1. The maximum absolute atomic E-state index is 12.1. The number of benzene rings is 1. The normalized spacial score (nSPS) is 10.5. The van der Waals surface area contributed by atoms with E-state index in [4.69, 9.17) is 9.47 Å². The van der Waals surface area contributed by atoms with Gasteiger partial charge in [0.2, 0.25) is 5.91 Å². The highest BCUT2D eigenvalue weighted by Crippen LogP contribution is 2.31. The van der Waals surface area contributed by atoms with Crippen molar-refractivity contribution in [1.29, 1.82) is 5.26 Å². The summed E-state index contributed by atoms with van der Waals surface area (Å²) >= 11 is 1.40. The van der Waals surface area contributed by atoms with E-state index in [0.717, 1.165) is 16.0 Å². The minimum Gasteiger partial charge on any atom is -0.493 e. The van der Waals surface area contributed by atoms with Crippen molar-refractivity contribution in [3.8, 4) is 17.6 Å². The van der Waals surface area contributed by atoms with Gasteiger partial charge in [0.25, 0.3) is 0 Å². The van der Waals surface area contributed by atoms with Crippen molar-refractivity contribution in [2.24, 2.45) is 0 Å². The highest BCUT2D eigenvalue weighted by molar-refractivity contribution is 7.16. The second kappa shape index (κ2) is 7.66. The molecule has 0 saturated carbocycles. The summed E-state index contributed by atoms with van der Waals surface area (Å²) in [5.74, 6) is 0.932. The molecule has 2 rings (SSSR count). The minimum atomic E-state index is -0.289. The second-order valence-corrected chi connectivity index (χ2v) is 6.26. The van der Waals surface area contributed by atoms with E-state index in [-0.39, 0.29) is 5.91 Å². The summed E-state index contributed by atoms with van der Waals surface area (Å²) in [6.07, 6.45) is 3.10. The number of anilines is 1. The van der Waals surface area contributed by atoms with Crippen molar-refractivity contribution < 1.29 is 14.3 Å². The van der Waals surface area contributed by atoms with Gasteiger partial charge in [-0.3, -0.25) is 4.79 Å². The quantitative estimate of drug-likeness (QED) is 0.836. The summed E-state index contributed by atoms with van der Waals surface area (Å²) < 4.78 is 10.4. The number of hydrogen-bond donors (Lipinski definition) is 1. The molecule has 0 atom stereocenters. The number of hydrogen-bond acceptors (Lipinski definition) is 5. The number of nitrogens with zero attached hydrogens (tertiary/aromatic N) is 1. The lowest BCUT2D eigenvalue weighted by atomic mass is 10.2. The lowest BCUT2D eigenvalue weighted by Crippen LogP contribution is -2.07. The molecule has 0 fully saturated rings. The number of nitrogens with one attached hydrogen (secondary N) is 1. The van der Waals surface area contributed by atoms with E-state index in [1.165, 1.54) is 17.4 Å². The van der Waals surface area contributed by atoms with Crippen molar-refractivity contribution in [1.82, 2.24) is 0 Å². The molecule has 1 N–H and O–H groups in total. The molecular formula is C18H18N2O3S. The van der Waals surface area contributed by atoms with E-state index in [9.17, 15) is 10.1 Å². The zero-order valence-corrected chi connectivity index (χ0v) is 14.8. The highest BCUT2D eigenvalue weighted by atomic mass is 32.1. The predicted octanol–water partition coefficient (Wildman–Crippen LogP) is 3.91. The largest absolute Gasteiger partial charge is 0.493 e. The molecule has 0 radical (unpaired) electrons. The zero-order valence-electron chi connectivity index (χ0n) is 14.0. The number of aryl methyl sites for hydroxylation is 1. The van der Waals surface area contributed by atoms with Crippen LogP contribution in [0.2, 0.25) is 0 Å². The van der Waals surface area contributed by atoms with Gasteiger partial charge in [0, 0.05) is 11.0 Å². The smallest absolute Gasteiger partial charge is 0.249 e. The van der Waals surface area contributed by atoms with Crippen LogP contribution in [-0.2, 0) is 4.79 Å². The molecule has 0 aliphatic carbocycles. The van der Waals surface area contributed by atoms with Gasteiger partial charge in [0.15, 0.2) is 11.5 Å². The molecule has 1 aromatic heterocycles. The van der Waals surface area contributed by atoms with Gasteiger partial charge < -0.3 is 14.8 Å². The summed E-state index contributed by atoms with van der Waals surface area (Å²) in [6, 6.07) is 7.51. The van der Waals surface area contributed by atoms with Crippen LogP contribution >= 0.6 is 11.3 Å². The molecule has 1 aromatic carbocycles. The van der Waals surface area contributed by atoms with Crippen molar-refractivity contribution >= 4 is 28.3 Å². The van der Waals surface area contributed by atoms with Crippen LogP contribution in [0.4, 0.5) is 5.00 Å². The van der Waals surface area contributed by atoms with Crippen LogP contribution in [0.1, 0.15) is 21.6 Å². The highest BCUT2D eigenvalue weighted by Gasteiger charge is 2.13. The van der Waals surface area contributed by atoms with Gasteiger partial charge in [0.05, 0.1) is 19.8 Å². The summed E-state index contributed by atoms with van der Waals surface area (Å²) in [7, 11) is 3.13. The Balaban J connectivity index is 2.14. The first-order chi connectivity index (χ1) is 11.5. The average Bonchev–Trinajstić information content (AvgIpc) is 2.85. The summed E-state index contributed by atoms with van der Waals surface area (Å²) in [6.45, 7) is 3.80. The fourth-order valence-corrected chi connectivity index (χ4v) is 3.15. The van der Waals surface area contributed by atoms with Gasteiger partial charge in [-0.2, -0.15) is 5.26 Å². The molecule has 0 aliphatic heterocycles. The Kier molecular flexibility index (Phi) is 5.61. The predicted molar refractivity (Wildman–Crippen MR) is 95.7 cm³/mol. The fraction of sp³-hybridized carbons (Fsp3) is 0.222. The van der Waals surface area contributed by atoms with Crippen LogP contribution in [0.25, 0.3) is 6.08 Å². The lowest BCUT2D eigenvalue weighted by Gasteiger charge is -2.07. The Bertz CT molecular complexity index is 832. The Morgan fingerprint density at radius 1 is 1.25 bits per heavy atom.